The molecule has 0 saturated carbocycles. The summed E-state index contributed by atoms with van der Waals surface area (Å²) in [6.07, 6.45) is 3.69. The van der Waals surface area contributed by atoms with E-state index in [1.807, 2.05) is 27.7 Å². The number of hydrogen-bond acceptors (Lipinski definition) is 4. The van der Waals surface area contributed by atoms with Crippen LogP contribution in [-0.2, 0) is 5.41 Å². The number of fused-ring (bicyclic) bond motifs is 5. The molecule has 2 aliphatic rings. The Bertz CT molecular complexity index is 993. The van der Waals surface area contributed by atoms with Gasteiger partial charge in [0.25, 0.3) is 0 Å². The van der Waals surface area contributed by atoms with Crippen molar-refractivity contribution in [1.82, 2.24) is 9.97 Å². The average molecular weight is 403 g/mol. The van der Waals surface area contributed by atoms with Crippen LogP contribution in [0.5, 0.6) is 0 Å². The van der Waals surface area contributed by atoms with E-state index in [0.29, 0.717) is 0 Å². The molecule has 2 aromatic carbocycles. The molecule has 0 aliphatic carbocycles. The summed E-state index contributed by atoms with van der Waals surface area (Å²) < 4.78 is 0. The highest BCUT2D eigenvalue weighted by molar-refractivity contribution is 5.88. The molecule has 1 atom stereocenters. The van der Waals surface area contributed by atoms with E-state index in [9.17, 15) is 0 Å². The Morgan fingerprint density at radius 2 is 1.27 bits per heavy atom. The van der Waals surface area contributed by atoms with Crippen LogP contribution in [0.2, 0.25) is 0 Å². The SMILES string of the molecule is CC.CC.Cc1ccc(N2c3nccnc3N3c4ccc(C)cc4C(C)(C)C23)cc1. The second-order valence-electron chi connectivity index (χ2n) is 7.90. The molecular formula is C26H34N4. The molecule has 0 spiro atoms. The van der Waals surface area contributed by atoms with Crippen LogP contribution in [0, 0.1) is 13.8 Å². The van der Waals surface area contributed by atoms with Gasteiger partial charge in [-0.05, 0) is 37.6 Å². The fourth-order valence-corrected chi connectivity index (χ4v) is 4.39. The van der Waals surface area contributed by atoms with Crippen LogP contribution in [-0.4, -0.2) is 16.1 Å². The van der Waals surface area contributed by atoms with Gasteiger partial charge in [0.2, 0.25) is 0 Å². The normalized spacial score (nSPS) is 17.1. The Balaban J connectivity index is 0.000000606. The smallest absolute Gasteiger partial charge is 0.178 e. The zero-order chi connectivity index (χ0) is 22.1. The lowest BCUT2D eigenvalue weighted by Gasteiger charge is -2.36. The van der Waals surface area contributed by atoms with Gasteiger partial charge in [-0.15, -0.1) is 0 Å². The van der Waals surface area contributed by atoms with Gasteiger partial charge >= 0.3 is 0 Å². The summed E-state index contributed by atoms with van der Waals surface area (Å²) in [5, 5.41) is 0. The largest absolute Gasteiger partial charge is 0.301 e. The van der Waals surface area contributed by atoms with E-state index in [4.69, 9.17) is 9.97 Å². The molecule has 30 heavy (non-hydrogen) atoms. The fraction of sp³-hybridized carbons (Fsp3) is 0.385. The predicted molar refractivity (Wildman–Crippen MR) is 128 cm³/mol. The fourth-order valence-electron chi connectivity index (χ4n) is 4.39. The van der Waals surface area contributed by atoms with E-state index in [2.05, 4.69) is 80.0 Å². The van der Waals surface area contributed by atoms with Gasteiger partial charge < -0.3 is 9.80 Å². The molecule has 0 N–H and O–H groups in total. The third-order valence-electron chi connectivity index (χ3n) is 5.67. The maximum Gasteiger partial charge on any atom is 0.178 e. The van der Waals surface area contributed by atoms with E-state index < -0.39 is 0 Å². The molecule has 5 rings (SSSR count). The van der Waals surface area contributed by atoms with Gasteiger partial charge in [-0.25, -0.2) is 9.97 Å². The molecule has 3 heterocycles. The van der Waals surface area contributed by atoms with Gasteiger partial charge in [0.1, 0.15) is 6.17 Å². The van der Waals surface area contributed by atoms with Crippen LogP contribution in [0.15, 0.2) is 54.9 Å². The van der Waals surface area contributed by atoms with Crippen molar-refractivity contribution >= 4 is 23.0 Å². The molecule has 0 amide bonds. The lowest BCUT2D eigenvalue weighted by molar-refractivity contribution is 0.449. The van der Waals surface area contributed by atoms with Gasteiger partial charge in [0.05, 0.1) is 0 Å². The van der Waals surface area contributed by atoms with Gasteiger partial charge in [0, 0.05) is 29.2 Å². The van der Waals surface area contributed by atoms with Crippen molar-refractivity contribution in [2.24, 2.45) is 0 Å². The van der Waals surface area contributed by atoms with E-state index in [0.717, 1.165) is 17.3 Å². The van der Waals surface area contributed by atoms with Gasteiger partial charge in [0.15, 0.2) is 11.6 Å². The number of rotatable bonds is 1. The van der Waals surface area contributed by atoms with Crippen LogP contribution >= 0.6 is 0 Å². The summed E-state index contributed by atoms with van der Waals surface area (Å²) >= 11 is 0. The molecule has 1 unspecified atom stereocenters. The van der Waals surface area contributed by atoms with E-state index in [1.54, 1.807) is 12.4 Å². The highest BCUT2D eigenvalue weighted by Crippen LogP contribution is 2.57. The molecular weight excluding hydrogens is 368 g/mol. The van der Waals surface area contributed by atoms with Crippen LogP contribution in [0.1, 0.15) is 58.2 Å². The topological polar surface area (TPSA) is 32.3 Å². The van der Waals surface area contributed by atoms with Crippen LogP contribution in [0.3, 0.4) is 0 Å². The van der Waals surface area contributed by atoms with Gasteiger partial charge in [-0.3, -0.25) is 0 Å². The molecule has 2 aliphatic heterocycles. The predicted octanol–water partition coefficient (Wildman–Crippen LogP) is 7.05. The molecule has 0 radical (unpaired) electrons. The highest BCUT2D eigenvalue weighted by Gasteiger charge is 2.54. The minimum absolute atomic E-state index is 0.0609. The molecule has 0 saturated heterocycles. The first-order valence-corrected chi connectivity index (χ1v) is 11.1. The summed E-state index contributed by atoms with van der Waals surface area (Å²) in [6.45, 7) is 16.9. The van der Waals surface area contributed by atoms with Crippen molar-refractivity contribution in [1.29, 1.82) is 0 Å². The van der Waals surface area contributed by atoms with Crippen molar-refractivity contribution < 1.29 is 0 Å². The van der Waals surface area contributed by atoms with Crippen molar-refractivity contribution in [3.63, 3.8) is 0 Å². The van der Waals surface area contributed by atoms with Crippen molar-refractivity contribution in [3.8, 4) is 0 Å². The number of hydrogen-bond donors (Lipinski definition) is 0. The Labute approximate surface area is 181 Å². The Morgan fingerprint density at radius 1 is 0.733 bits per heavy atom. The molecule has 4 heteroatoms. The number of anilines is 4. The van der Waals surface area contributed by atoms with E-state index in [1.165, 1.54) is 22.4 Å². The van der Waals surface area contributed by atoms with Crippen molar-refractivity contribution in [2.45, 2.75) is 67.0 Å². The molecule has 158 valence electrons. The number of nitrogens with zero attached hydrogens (tertiary/aromatic N) is 4. The molecule has 0 bridgehead atoms. The number of benzene rings is 2. The Kier molecular flexibility index (Phi) is 6.16. The minimum atomic E-state index is -0.0609. The summed E-state index contributed by atoms with van der Waals surface area (Å²) in [6, 6.07) is 15.4. The standard InChI is InChI=1S/C22H22N4.2C2H6/c1-14-5-8-16(9-6-14)25-19-20(24-12-11-23-19)26-18-10-7-15(2)13-17(18)22(3,4)21(25)26;2*1-2/h5-13,21H,1-4H3;2*1-2H3. The minimum Gasteiger partial charge on any atom is -0.301 e. The highest BCUT2D eigenvalue weighted by atomic mass is 15.5. The first kappa shape index (κ1) is 21.8. The second kappa shape index (κ2) is 8.47. The lowest BCUT2D eigenvalue weighted by atomic mass is 9.83. The van der Waals surface area contributed by atoms with E-state index >= 15 is 0 Å². The monoisotopic (exact) mass is 402 g/mol. The molecule has 3 aromatic rings. The lowest BCUT2D eigenvalue weighted by Crippen LogP contribution is -2.46. The first-order chi connectivity index (χ1) is 14.5. The van der Waals surface area contributed by atoms with Crippen molar-refractivity contribution in [2.75, 3.05) is 9.80 Å². The van der Waals surface area contributed by atoms with Gasteiger partial charge in [-0.1, -0.05) is 76.9 Å². The van der Waals surface area contributed by atoms with Crippen LogP contribution in [0.4, 0.5) is 23.0 Å². The molecule has 0 fully saturated rings. The number of aromatic nitrogens is 2. The third kappa shape index (κ3) is 3.24. The Morgan fingerprint density at radius 3 is 1.87 bits per heavy atom. The number of aryl methyl sites for hydroxylation is 2. The summed E-state index contributed by atoms with van der Waals surface area (Å²) in [7, 11) is 0. The summed E-state index contributed by atoms with van der Waals surface area (Å²) in [5.41, 5.74) is 6.25. The zero-order valence-electron chi connectivity index (χ0n) is 19.6. The quantitative estimate of drug-likeness (QED) is 0.436. The summed E-state index contributed by atoms with van der Waals surface area (Å²) in [4.78, 5) is 14.1. The third-order valence-corrected chi connectivity index (χ3v) is 5.67. The van der Waals surface area contributed by atoms with Crippen LogP contribution < -0.4 is 9.80 Å². The maximum atomic E-state index is 4.70. The zero-order valence-corrected chi connectivity index (χ0v) is 19.6. The summed E-state index contributed by atoms with van der Waals surface area (Å²) in [5.74, 6) is 1.87. The molecule has 1 aromatic heterocycles. The second-order valence-corrected chi connectivity index (χ2v) is 7.90. The van der Waals surface area contributed by atoms with Gasteiger partial charge in [-0.2, -0.15) is 0 Å². The average Bonchev–Trinajstić information content (AvgIpc) is 3.23. The van der Waals surface area contributed by atoms with Crippen LogP contribution in [0.25, 0.3) is 0 Å². The first-order valence-electron chi connectivity index (χ1n) is 11.1. The molecule has 4 nitrogen and oxygen atoms in total. The van der Waals surface area contributed by atoms with Crippen molar-refractivity contribution in [3.05, 3.63) is 71.5 Å². The Hall–Kier alpha value is -2.88. The van der Waals surface area contributed by atoms with E-state index in [-0.39, 0.29) is 11.6 Å². The maximum absolute atomic E-state index is 4.70.